The van der Waals surface area contributed by atoms with Crippen LogP contribution in [0, 0.1) is 0 Å². The Kier molecular flexibility index (Phi) is 8.04. The fourth-order valence-electron chi connectivity index (χ4n) is 8.72. The first-order valence-corrected chi connectivity index (χ1v) is 20.3. The average Bonchev–Trinajstić information content (AvgIpc) is 3.84. The third-order valence-corrected chi connectivity index (χ3v) is 12.4. The Labute approximate surface area is 335 Å². The summed E-state index contributed by atoms with van der Waals surface area (Å²) in [5, 5.41) is 5.02. The van der Waals surface area contributed by atoms with Gasteiger partial charge in [0, 0.05) is 53.4 Å². The van der Waals surface area contributed by atoms with Crippen LogP contribution in [0.25, 0.3) is 81.0 Å². The number of para-hydroxylation sites is 3. The SMILES string of the molecule is c1ccc(-c2ccccc2-c2cccc(N(c3ccccc3-c3cccc4c3sc3ccccc34)c3cccc4c3c3ccccc3n4-c3ccccc3)c2)cc1. The van der Waals surface area contributed by atoms with Crippen molar-refractivity contribution >= 4 is 70.4 Å². The Balaban J connectivity index is 1.21. The molecule has 11 aromatic rings. The van der Waals surface area contributed by atoms with Gasteiger partial charge in [0.25, 0.3) is 0 Å². The van der Waals surface area contributed by atoms with E-state index in [4.69, 9.17) is 0 Å². The number of nitrogens with zero attached hydrogens (tertiary/aromatic N) is 2. The molecule has 57 heavy (non-hydrogen) atoms. The third kappa shape index (κ3) is 5.55. The lowest BCUT2D eigenvalue weighted by molar-refractivity contribution is 1.18. The van der Waals surface area contributed by atoms with Crippen LogP contribution in [0.15, 0.2) is 218 Å². The number of aromatic nitrogens is 1. The number of thiophene rings is 1. The Bertz CT molecular complexity index is 3250. The second-order valence-corrected chi connectivity index (χ2v) is 15.5. The minimum absolute atomic E-state index is 1.09. The molecule has 11 rings (SSSR count). The van der Waals surface area contributed by atoms with E-state index < -0.39 is 0 Å². The minimum Gasteiger partial charge on any atom is -0.309 e. The second kappa shape index (κ2) is 13.8. The first-order chi connectivity index (χ1) is 28.3. The second-order valence-electron chi connectivity index (χ2n) is 14.5. The molecule has 0 spiro atoms. The topological polar surface area (TPSA) is 8.17 Å². The Morgan fingerprint density at radius 2 is 0.930 bits per heavy atom. The lowest BCUT2D eigenvalue weighted by Gasteiger charge is -2.29. The fourth-order valence-corrected chi connectivity index (χ4v) is 9.95. The summed E-state index contributed by atoms with van der Waals surface area (Å²) >= 11 is 1.88. The number of rotatable bonds is 7. The summed E-state index contributed by atoms with van der Waals surface area (Å²) in [4.78, 5) is 2.50. The molecule has 2 aromatic heterocycles. The van der Waals surface area contributed by atoms with Crippen molar-refractivity contribution in [2.45, 2.75) is 0 Å². The number of hydrogen-bond acceptors (Lipinski definition) is 2. The van der Waals surface area contributed by atoms with Crippen molar-refractivity contribution < 1.29 is 0 Å². The van der Waals surface area contributed by atoms with Crippen molar-refractivity contribution in [3.8, 4) is 39.1 Å². The molecule has 0 aliphatic heterocycles. The van der Waals surface area contributed by atoms with Crippen molar-refractivity contribution in [3.05, 3.63) is 218 Å². The lowest BCUT2D eigenvalue weighted by Crippen LogP contribution is -2.12. The van der Waals surface area contributed by atoms with Gasteiger partial charge in [-0.1, -0.05) is 164 Å². The summed E-state index contributed by atoms with van der Waals surface area (Å²) in [6, 6.07) is 79.4. The number of hydrogen-bond donors (Lipinski definition) is 0. The van der Waals surface area contributed by atoms with Crippen LogP contribution >= 0.6 is 11.3 Å². The van der Waals surface area contributed by atoms with Gasteiger partial charge >= 0.3 is 0 Å². The molecule has 0 amide bonds. The molecule has 0 bridgehead atoms. The van der Waals surface area contributed by atoms with Crippen LogP contribution in [-0.2, 0) is 0 Å². The van der Waals surface area contributed by atoms with E-state index in [1.165, 1.54) is 75.4 Å². The van der Waals surface area contributed by atoms with E-state index in [0.29, 0.717) is 0 Å². The number of fused-ring (bicyclic) bond motifs is 6. The van der Waals surface area contributed by atoms with E-state index in [2.05, 4.69) is 228 Å². The molecule has 2 heterocycles. The van der Waals surface area contributed by atoms with Gasteiger partial charge in [-0.15, -0.1) is 11.3 Å². The molecule has 0 N–H and O–H groups in total. The van der Waals surface area contributed by atoms with Crippen LogP contribution in [0.4, 0.5) is 17.1 Å². The predicted octanol–water partition coefficient (Wildman–Crippen LogP) is 15.6. The summed E-state index contributed by atoms with van der Waals surface area (Å²) in [6.45, 7) is 0. The summed E-state index contributed by atoms with van der Waals surface area (Å²) in [6.07, 6.45) is 0. The van der Waals surface area contributed by atoms with E-state index in [9.17, 15) is 0 Å². The smallest absolute Gasteiger partial charge is 0.0562 e. The maximum absolute atomic E-state index is 2.50. The van der Waals surface area contributed by atoms with Crippen LogP contribution in [0.5, 0.6) is 0 Å². The van der Waals surface area contributed by atoms with Gasteiger partial charge in [0.15, 0.2) is 0 Å². The summed E-state index contributed by atoms with van der Waals surface area (Å²) in [5.74, 6) is 0. The van der Waals surface area contributed by atoms with Gasteiger partial charge in [-0.05, 0) is 76.9 Å². The van der Waals surface area contributed by atoms with Gasteiger partial charge in [0.1, 0.15) is 0 Å². The van der Waals surface area contributed by atoms with Crippen LogP contribution in [0.2, 0.25) is 0 Å². The molecule has 0 aliphatic rings. The van der Waals surface area contributed by atoms with Crippen molar-refractivity contribution in [1.82, 2.24) is 4.57 Å². The quantitative estimate of drug-likeness (QED) is 0.158. The van der Waals surface area contributed by atoms with E-state index in [-0.39, 0.29) is 0 Å². The van der Waals surface area contributed by atoms with Gasteiger partial charge in [-0.25, -0.2) is 0 Å². The molecule has 3 heteroatoms. The fraction of sp³-hybridized carbons (Fsp3) is 0. The highest BCUT2D eigenvalue weighted by molar-refractivity contribution is 7.26. The molecular formula is C54H36N2S. The van der Waals surface area contributed by atoms with Crippen molar-refractivity contribution in [2.75, 3.05) is 4.90 Å². The first-order valence-electron chi connectivity index (χ1n) is 19.4. The Morgan fingerprint density at radius 1 is 0.368 bits per heavy atom. The molecule has 2 nitrogen and oxygen atoms in total. The molecule has 0 fully saturated rings. The normalized spacial score (nSPS) is 11.5. The largest absolute Gasteiger partial charge is 0.309 e. The maximum atomic E-state index is 2.50. The van der Waals surface area contributed by atoms with E-state index in [1.54, 1.807) is 0 Å². The van der Waals surface area contributed by atoms with E-state index in [1.807, 2.05) is 11.3 Å². The van der Waals surface area contributed by atoms with Crippen molar-refractivity contribution in [3.63, 3.8) is 0 Å². The maximum Gasteiger partial charge on any atom is 0.0562 e. The van der Waals surface area contributed by atoms with Gasteiger partial charge in [-0.3, -0.25) is 0 Å². The summed E-state index contributed by atoms with van der Waals surface area (Å²) < 4.78 is 5.01. The van der Waals surface area contributed by atoms with Crippen molar-refractivity contribution in [2.24, 2.45) is 0 Å². The summed E-state index contributed by atoms with van der Waals surface area (Å²) in [7, 11) is 0. The molecule has 0 atom stereocenters. The first kappa shape index (κ1) is 33.2. The van der Waals surface area contributed by atoms with Crippen LogP contribution in [0.1, 0.15) is 0 Å². The molecular weight excluding hydrogens is 709 g/mol. The zero-order chi connectivity index (χ0) is 37.7. The molecule has 0 unspecified atom stereocenters. The van der Waals surface area contributed by atoms with Crippen LogP contribution in [-0.4, -0.2) is 4.57 Å². The highest BCUT2D eigenvalue weighted by Crippen LogP contribution is 2.49. The number of anilines is 3. The molecule has 0 saturated carbocycles. The van der Waals surface area contributed by atoms with E-state index >= 15 is 0 Å². The standard InChI is InChI=1S/C54H36N2S/c1-3-18-37(19-4-1)41-24-7-8-25-42(41)38-20-15-23-40(36-38)56(48-31-12-9-26-43(48)45-29-16-30-46-44-27-11-14-35-52(44)57-54(45)46)51-34-17-33-50-53(51)47-28-10-13-32-49(47)55(50)39-21-5-2-6-22-39/h1-36H. The monoisotopic (exact) mass is 744 g/mol. The van der Waals surface area contributed by atoms with Gasteiger partial charge in [0.05, 0.1) is 22.4 Å². The van der Waals surface area contributed by atoms with Crippen LogP contribution in [0.3, 0.4) is 0 Å². The molecule has 0 aliphatic carbocycles. The number of benzene rings is 9. The third-order valence-electron chi connectivity index (χ3n) is 11.2. The molecule has 268 valence electrons. The Morgan fingerprint density at radius 3 is 1.77 bits per heavy atom. The van der Waals surface area contributed by atoms with Gasteiger partial charge in [-0.2, -0.15) is 0 Å². The van der Waals surface area contributed by atoms with Gasteiger partial charge in [0.2, 0.25) is 0 Å². The minimum atomic E-state index is 1.09. The highest BCUT2D eigenvalue weighted by atomic mass is 32.1. The molecule has 0 saturated heterocycles. The average molecular weight is 745 g/mol. The highest BCUT2D eigenvalue weighted by Gasteiger charge is 2.24. The zero-order valence-corrected chi connectivity index (χ0v) is 31.9. The van der Waals surface area contributed by atoms with Crippen LogP contribution < -0.4 is 4.90 Å². The van der Waals surface area contributed by atoms with E-state index in [0.717, 1.165) is 22.7 Å². The molecule has 0 radical (unpaired) electrons. The van der Waals surface area contributed by atoms with Gasteiger partial charge < -0.3 is 9.47 Å². The Hall–Kier alpha value is -7.20. The zero-order valence-electron chi connectivity index (χ0n) is 31.1. The summed E-state index contributed by atoms with van der Waals surface area (Å²) in [5.41, 5.74) is 14.0. The lowest BCUT2D eigenvalue weighted by atomic mass is 9.94. The van der Waals surface area contributed by atoms with Crippen molar-refractivity contribution in [1.29, 1.82) is 0 Å². The predicted molar refractivity (Wildman–Crippen MR) is 245 cm³/mol. The molecule has 9 aromatic carbocycles.